The number of carboxylic acid groups (broad SMARTS) is 2. The Bertz CT molecular complexity index is 1710. The van der Waals surface area contributed by atoms with Gasteiger partial charge in [-0.25, -0.2) is 4.79 Å². The van der Waals surface area contributed by atoms with Crippen LogP contribution in [0.3, 0.4) is 0 Å². The third-order valence-corrected chi connectivity index (χ3v) is 6.72. The number of aromatic hydroxyl groups is 1. The van der Waals surface area contributed by atoms with Crippen LogP contribution < -0.4 is 17.1 Å². The van der Waals surface area contributed by atoms with Crippen LogP contribution in [0, 0.1) is 0 Å². The third-order valence-electron chi connectivity index (χ3n) is 6.72. The first-order valence-corrected chi connectivity index (χ1v) is 13.2. The van der Waals surface area contributed by atoms with E-state index in [1.165, 1.54) is 19.1 Å². The molecule has 0 amide bonds. The largest absolute Gasteiger partial charge is 1.00 e. The van der Waals surface area contributed by atoms with Gasteiger partial charge in [0.05, 0.1) is 27.6 Å². The third kappa shape index (κ3) is 7.59. The number of hydrogen-bond acceptors (Lipinski definition) is 7. The van der Waals surface area contributed by atoms with Crippen molar-refractivity contribution < 1.29 is 60.9 Å². The van der Waals surface area contributed by atoms with Gasteiger partial charge in [0.2, 0.25) is 0 Å². The molecule has 10 nitrogen and oxygen atoms in total. The zero-order valence-electron chi connectivity index (χ0n) is 24.0. The zero-order chi connectivity index (χ0) is 30.8. The smallest absolute Gasteiger partial charge is 0.339 e. The number of nitrogens with zero attached hydrogens (tertiary/aromatic N) is 1. The lowest BCUT2D eigenvalue weighted by molar-refractivity contribution is -0.873. The number of carbonyl (C=O) groups excluding carboxylic acids is 2. The van der Waals surface area contributed by atoms with Gasteiger partial charge in [-0.1, -0.05) is 48.5 Å². The summed E-state index contributed by atoms with van der Waals surface area (Å²) in [6.07, 6.45) is -1.09. The van der Waals surface area contributed by atoms with E-state index in [4.69, 9.17) is 9.47 Å². The van der Waals surface area contributed by atoms with Crippen LogP contribution in [0.1, 0.15) is 40.7 Å². The van der Waals surface area contributed by atoms with Crippen LogP contribution >= 0.6 is 0 Å². The van der Waals surface area contributed by atoms with Crippen LogP contribution in [-0.4, -0.2) is 77.5 Å². The van der Waals surface area contributed by atoms with Crippen LogP contribution in [0.15, 0.2) is 66.7 Å². The predicted molar refractivity (Wildman–Crippen MR) is 155 cm³/mol. The van der Waals surface area contributed by atoms with E-state index >= 15 is 0 Å². The Balaban J connectivity index is 0.00000506. The normalized spacial score (nSPS) is 12.7. The molecule has 0 aromatic heterocycles. The van der Waals surface area contributed by atoms with Crippen LogP contribution in [0.4, 0.5) is 0 Å². The predicted octanol–water partition coefficient (Wildman–Crippen LogP) is 1.55. The number of carboxylic acids is 2. The molecule has 0 aliphatic heterocycles. The molecule has 11 heteroatoms. The fraction of sp³-hybridized carbons (Fsp3) is 0.250. The van der Waals surface area contributed by atoms with Crippen molar-refractivity contribution in [3.63, 3.8) is 0 Å². The summed E-state index contributed by atoms with van der Waals surface area (Å²) in [5.41, 5.74) is -0.569. The summed E-state index contributed by atoms with van der Waals surface area (Å²) in [6.45, 7) is 1.56. The number of phenols is 1. The van der Waals surface area contributed by atoms with E-state index in [0.29, 0.717) is 32.6 Å². The topological polar surface area (TPSA) is 147 Å². The van der Waals surface area contributed by atoms with Crippen molar-refractivity contribution in [3.05, 3.63) is 83.4 Å². The van der Waals surface area contributed by atoms with E-state index < -0.39 is 47.2 Å². The van der Waals surface area contributed by atoms with E-state index in [2.05, 4.69) is 0 Å². The Labute approximate surface area is 254 Å². The van der Waals surface area contributed by atoms with Crippen LogP contribution in [0.5, 0.6) is 11.5 Å². The molecule has 226 valence electrons. The minimum Gasteiger partial charge on any atom is -1.00 e. The van der Waals surface area contributed by atoms with E-state index in [1.807, 2.05) is 21.1 Å². The molecule has 1 unspecified atom stereocenters. The lowest BCUT2D eigenvalue weighted by Gasteiger charge is -2.28. The van der Waals surface area contributed by atoms with E-state index in [1.54, 1.807) is 54.6 Å². The Hall–Kier alpha value is -4.67. The highest BCUT2D eigenvalue weighted by Gasteiger charge is 2.34. The highest BCUT2D eigenvalue weighted by Crippen LogP contribution is 2.43. The average molecular weight is 610 g/mol. The van der Waals surface area contributed by atoms with Crippen molar-refractivity contribution in [2.75, 3.05) is 27.7 Å². The molecule has 0 radical (unpaired) electrons. The molecule has 0 aliphatic carbocycles. The van der Waals surface area contributed by atoms with Gasteiger partial charge in [0, 0.05) is 18.1 Å². The van der Waals surface area contributed by atoms with Gasteiger partial charge in [0.25, 0.3) is 0 Å². The number of quaternary nitrogens is 1. The van der Waals surface area contributed by atoms with Gasteiger partial charge < -0.3 is 41.7 Å². The zero-order valence-corrected chi connectivity index (χ0v) is 24.8. The Morgan fingerprint density at radius 2 is 1.44 bits per heavy atom. The maximum atomic E-state index is 13.2. The second-order valence-electron chi connectivity index (χ2n) is 11.1. The molecule has 0 saturated carbocycles. The molecule has 0 fully saturated rings. The van der Waals surface area contributed by atoms with E-state index in [0.717, 1.165) is 0 Å². The first-order chi connectivity index (χ1) is 19.7. The molecule has 43 heavy (non-hydrogen) atoms. The van der Waals surface area contributed by atoms with Gasteiger partial charge in [0.15, 0.2) is 6.10 Å². The second kappa shape index (κ2) is 13.1. The van der Waals surface area contributed by atoms with E-state index in [9.17, 15) is 34.5 Å². The minimum absolute atomic E-state index is 0. The summed E-state index contributed by atoms with van der Waals surface area (Å²) < 4.78 is 11.5. The number of hydrogen-bond donors (Lipinski definition) is 3. The maximum Gasteiger partial charge on any atom is 0.339 e. The number of likely N-dealkylation sites (N-methyl/N-ethyl adjacent to an activating group) is 1. The van der Waals surface area contributed by atoms with Crippen molar-refractivity contribution in [2.24, 2.45) is 0 Å². The summed E-state index contributed by atoms with van der Waals surface area (Å²) in [6, 6.07) is 17.9. The lowest BCUT2D eigenvalue weighted by atomic mass is 9.84. The fourth-order valence-corrected chi connectivity index (χ4v) is 5.12. The van der Waals surface area contributed by atoms with Crippen molar-refractivity contribution >= 4 is 45.4 Å². The average Bonchev–Trinajstić information content (AvgIpc) is 2.88. The molecule has 0 spiro atoms. The summed E-state index contributed by atoms with van der Waals surface area (Å²) in [5, 5.41) is 33.5. The quantitative estimate of drug-likeness (QED) is 0.138. The number of benzene rings is 4. The number of carbonyl (C=O) groups is 4. The molecule has 3 N–H and O–H groups in total. The number of aromatic carboxylic acids is 1. The molecule has 0 bridgehead atoms. The second-order valence-corrected chi connectivity index (χ2v) is 11.1. The van der Waals surface area contributed by atoms with Crippen LogP contribution in [0.2, 0.25) is 0 Å². The van der Waals surface area contributed by atoms with Crippen LogP contribution in [0.25, 0.3) is 21.5 Å². The molecule has 0 heterocycles. The van der Waals surface area contributed by atoms with E-state index in [-0.39, 0.29) is 35.7 Å². The monoisotopic (exact) mass is 609 g/mol. The van der Waals surface area contributed by atoms with Gasteiger partial charge in [-0.05, 0) is 39.7 Å². The number of fused-ring (bicyclic) bond motifs is 2. The van der Waals surface area contributed by atoms with Crippen molar-refractivity contribution in [1.82, 2.24) is 0 Å². The Morgan fingerprint density at radius 3 is 2.00 bits per heavy atom. The Kier molecular flexibility index (Phi) is 10.0. The first kappa shape index (κ1) is 32.8. The summed E-state index contributed by atoms with van der Waals surface area (Å²) >= 11 is 0. The SMILES string of the molecule is CC(=O)O[C@H](CC(=O)Oc1cc2ccccc2cc1C(C(=O)O)c1c(O)c(C(=O)O)cc2ccccc12)C[N+](C)(C)C.[Cl-]. The molecule has 0 saturated heterocycles. The van der Waals surface area contributed by atoms with Gasteiger partial charge in [-0.15, -0.1) is 0 Å². The molecule has 4 rings (SSSR count). The van der Waals surface area contributed by atoms with Gasteiger partial charge in [-0.3, -0.25) is 14.4 Å². The lowest BCUT2D eigenvalue weighted by Crippen LogP contribution is -3.00. The van der Waals surface area contributed by atoms with Crippen LogP contribution in [-0.2, 0) is 19.1 Å². The number of halogens is 1. The van der Waals surface area contributed by atoms with Gasteiger partial charge >= 0.3 is 23.9 Å². The first-order valence-electron chi connectivity index (χ1n) is 13.2. The molecular formula is C32H32ClNO9. The molecule has 2 atom stereocenters. The fourth-order valence-electron chi connectivity index (χ4n) is 5.12. The van der Waals surface area contributed by atoms with Crippen molar-refractivity contribution in [3.8, 4) is 11.5 Å². The summed E-state index contributed by atoms with van der Waals surface area (Å²) in [4.78, 5) is 49.9. The molecular weight excluding hydrogens is 578 g/mol. The van der Waals surface area contributed by atoms with Gasteiger partial charge in [-0.2, -0.15) is 0 Å². The maximum absolute atomic E-state index is 13.2. The summed E-state index contributed by atoms with van der Waals surface area (Å²) in [7, 11) is 5.63. The standard InChI is InChI=1S/C32H31NO9.ClH/c1-18(34)41-22(17-33(2,3)4)16-27(35)42-26-15-20-10-6-5-9-19(20)13-24(26)29(32(39)40)28-23-12-8-7-11-21(23)14-25(30(28)36)31(37)38;/h5-15,22,29H,16-17H2,1-4H3,(H2-,36,37,38,39,40);1H/t22-,29?;/m1./s1. The number of esters is 2. The van der Waals surface area contributed by atoms with Crippen molar-refractivity contribution in [2.45, 2.75) is 25.4 Å². The highest BCUT2D eigenvalue weighted by molar-refractivity contribution is 6.03. The van der Waals surface area contributed by atoms with Crippen molar-refractivity contribution in [1.29, 1.82) is 0 Å². The van der Waals surface area contributed by atoms with Gasteiger partial charge in [0.1, 0.15) is 29.5 Å². The summed E-state index contributed by atoms with van der Waals surface area (Å²) in [5.74, 6) is -6.53. The molecule has 4 aromatic rings. The number of ether oxygens (including phenoxy) is 2. The minimum atomic E-state index is -1.61. The Morgan fingerprint density at radius 1 is 0.860 bits per heavy atom. The number of rotatable bonds is 10. The molecule has 4 aromatic carbocycles. The molecule has 0 aliphatic rings. The highest BCUT2D eigenvalue weighted by atomic mass is 35.5. The number of aliphatic carboxylic acids is 1.